The second-order valence-corrected chi connectivity index (χ2v) is 6.70. The lowest BCUT2D eigenvalue weighted by Gasteiger charge is -1.89. The zero-order valence-corrected chi connectivity index (χ0v) is 21.6. The highest BCUT2D eigenvalue weighted by molar-refractivity contribution is 7.98. The van der Waals surface area contributed by atoms with Gasteiger partial charge in [0.05, 0.1) is 0 Å². The van der Waals surface area contributed by atoms with Crippen molar-refractivity contribution < 1.29 is 4.79 Å². The largest absolute Gasteiger partial charge is 0.295 e. The SMILES string of the molecule is CC.CC.CC(=O)c1ccccc1.CSC.CSc1ccccc1.c1ccccc1. The number of rotatable bonds is 2. The van der Waals surface area contributed by atoms with Gasteiger partial charge in [-0.1, -0.05) is 113 Å². The number of hydrogen-bond donors (Lipinski definition) is 0. The minimum atomic E-state index is 0.121. The molecule has 3 rings (SSSR count). The van der Waals surface area contributed by atoms with Crippen LogP contribution in [0.5, 0.6) is 0 Å². The van der Waals surface area contributed by atoms with E-state index in [2.05, 4.69) is 18.4 Å². The van der Waals surface area contributed by atoms with Crippen LogP contribution in [-0.4, -0.2) is 24.6 Å². The predicted octanol–water partition coefficient (Wildman–Crippen LogP) is 9.02. The van der Waals surface area contributed by atoms with Crippen molar-refractivity contribution in [3.63, 3.8) is 0 Å². The number of thioether (sulfide) groups is 2. The molecule has 3 heteroatoms. The van der Waals surface area contributed by atoms with Crippen molar-refractivity contribution in [1.29, 1.82) is 0 Å². The van der Waals surface area contributed by atoms with Crippen LogP contribution in [0.25, 0.3) is 0 Å². The summed E-state index contributed by atoms with van der Waals surface area (Å²) in [6.07, 6.45) is 6.16. The van der Waals surface area contributed by atoms with Gasteiger partial charge in [-0.05, 0) is 37.8 Å². The molecule has 1 nitrogen and oxygen atoms in total. The summed E-state index contributed by atoms with van der Waals surface area (Å²) in [4.78, 5) is 12.0. The zero-order chi connectivity index (χ0) is 23.5. The molecule has 30 heavy (non-hydrogen) atoms. The maximum absolute atomic E-state index is 10.6. The first-order valence-corrected chi connectivity index (χ1v) is 13.1. The molecule has 166 valence electrons. The summed E-state index contributed by atoms with van der Waals surface area (Å²) in [6.45, 7) is 9.56. The first kappa shape index (κ1) is 32.7. The second kappa shape index (κ2) is 29.2. The quantitative estimate of drug-likeness (QED) is 0.290. The highest BCUT2D eigenvalue weighted by atomic mass is 32.2. The summed E-state index contributed by atoms with van der Waals surface area (Å²) in [6, 6.07) is 31.6. The van der Waals surface area contributed by atoms with Crippen LogP contribution in [0.4, 0.5) is 0 Å². The molecule has 0 atom stereocenters. The highest BCUT2D eigenvalue weighted by Gasteiger charge is 1.92. The normalized spacial score (nSPS) is 7.73. The fourth-order valence-corrected chi connectivity index (χ4v) is 2.04. The predicted molar refractivity (Wildman–Crippen MR) is 143 cm³/mol. The van der Waals surface area contributed by atoms with Crippen molar-refractivity contribution in [1.82, 2.24) is 0 Å². The van der Waals surface area contributed by atoms with E-state index in [-0.39, 0.29) is 5.78 Å². The van der Waals surface area contributed by atoms with Gasteiger partial charge in [-0.15, -0.1) is 11.8 Å². The Morgan fingerprint density at radius 2 is 0.833 bits per heavy atom. The highest BCUT2D eigenvalue weighted by Crippen LogP contribution is 2.11. The van der Waals surface area contributed by atoms with E-state index in [9.17, 15) is 4.79 Å². The number of carbonyl (C=O) groups excluding carboxylic acids is 1. The number of benzene rings is 3. The average molecular weight is 445 g/mol. The smallest absolute Gasteiger partial charge is 0.159 e. The Bertz CT molecular complexity index is 630. The van der Waals surface area contributed by atoms with E-state index < -0.39 is 0 Å². The van der Waals surface area contributed by atoms with E-state index in [4.69, 9.17) is 0 Å². The van der Waals surface area contributed by atoms with Crippen LogP contribution in [0.3, 0.4) is 0 Å². The summed E-state index contributed by atoms with van der Waals surface area (Å²) in [5, 5.41) is 0. The van der Waals surface area contributed by atoms with Crippen molar-refractivity contribution in [3.05, 3.63) is 103 Å². The van der Waals surface area contributed by atoms with Crippen LogP contribution in [-0.2, 0) is 0 Å². The van der Waals surface area contributed by atoms with Gasteiger partial charge in [0.2, 0.25) is 0 Å². The third-order valence-electron chi connectivity index (χ3n) is 2.83. The second-order valence-electron chi connectivity index (χ2n) is 5.00. The summed E-state index contributed by atoms with van der Waals surface area (Å²) in [5.41, 5.74) is 0.775. The van der Waals surface area contributed by atoms with Gasteiger partial charge in [0, 0.05) is 10.5 Å². The van der Waals surface area contributed by atoms with Crippen LogP contribution in [0.2, 0.25) is 0 Å². The molecule has 0 aliphatic carbocycles. The Labute approximate surface area is 194 Å². The molecule has 0 heterocycles. The van der Waals surface area contributed by atoms with E-state index in [1.807, 2.05) is 125 Å². The van der Waals surface area contributed by atoms with Gasteiger partial charge in [0.25, 0.3) is 0 Å². The molecule has 0 fully saturated rings. The van der Waals surface area contributed by atoms with Crippen LogP contribution in [0.15, 0.2) is 102 Å². The van der Waals surface area contributed by atoms with E-state index >= 15 is 0 Å². The monoisotopic (exact) mass is 444 g/mol. The molecule has 3 aromatic rings. The summed E-state index contributed by atoms with van der Waals surface area (Å²) in [5.74, 6) is 0.121. The Morgan fingerprint density at radius 1 is 0.567 bits per heavy atom. The van der Waals surface area contributed by atoms with E-state index in [1.54, 1.807) is 30.4 Å². The summed E-state index contributed by atoms with van der Waals surface area (Å²) >= 11 is 3.52. The Kier molecular flexibility index (Phi) is 31.9. The molecular formula is C27H40OS2. The molecule has 0 unspecified atom stereocenters. The topological polar surface area (TPSA) is 17.1 Å². The summed E-state index contributed by atoms with van der Waals surface area (Å²) < 4.78 is 0. The molecule has 0 bridgehead atoms. The van der Waals surface area contributed by atoms with E-state index in [1.165, 1.54) is 4.90 Å². The van der Waals surface area contributed by atoms with Crippen molar-refractivity contribution in [2.75, 3.05) is 18.8 Å². The summed E-state index contributed by atoms with van der Waals surface area (Å²) in [7, 11) is 0. The molecule has 0 radical (unpaired) electrons. The molecule has 0 N–H and O–H groups in total. The van der Waals surface area contributed by atoms with Crippen LogP contribution < -0.4 is 0 Å². The van der Waals surface area contributed by atoms with Crippen LogP contribution >= 0.6 is 23.5 Å². The molecule has 0 amide bonds. The first-order valence-electron chi connectivity index (χ1n) is 10.2. The minimum absolute atomic E-state index is 0.121. The molecule has 0 aromatic heterocycles. The maximum Gasteiger partial charge on any atom is 0.159 e. The average Bonchev–Trinajstić information content (AvgIpc) is 2.85. The standard InChI is InChI=1S/C8H8O.C7H8S.C6H6.C2H6S.2C2H6/c1-7(9)8-5-3-2-4-6-8;1-8-7-5-3-2-4-6-7;1-2-4-6-5-3-1;1-3-2;2*1-2/h2-6H,1H3;2-6H,1H3;1-6H;1-2H3;2*1-2H3. The lowest BCUT2D eigenvalue weighted by molar-refractivity contribution is 0.101. The number of carbonyl (C=O) groups is 1. The first-order chi connectivity index (χ1) is 14.7. The van der Waals surface area contributed by atoms with Crippen LogP contribution in [0.1, 0.15) is 45.0 Å². The Morgan fingerprint density at radius 3 is 1.03 bits per heavy atom. The molecule has 0 aliphatic rings. The number of hydrogen-bond acceptors (Lipinski definition) is 3. The van der Waals surface area contributed by atoms with Gasteiger partial charge >= 0.3 is 0 Å². The zero-order valence-electron chi connectivity index (χ0n) is 20.0. The molecule has 0 saturated carbocycles. The van der Waals surface area contributed by atoms with Gasteiger partial charge in [0.15, 0.2) is 5.78 Å². The Balaban J connectivity index is -0.000000321. The maximum atomic E-state index is 10.6. The molecule has 3 aromatic carbocycles. The van der Waals surface area contributed by atoms with Crippen molar-refractivity contribution >= 4 is 29.3 Å². The fourth-order valence-electron chi connectivity index (χ4n) is 1.61. The van der Waals surface area contributed by atoms with Crippen LogP contribution in [0, 0.1) is 0 Å². The molecule has 0 spiro atoms. The molecule has 0 saturated heterocycles. The third-order valence-corrected chi connectivity index (χ3v) is 3.57. The van der Waals surface area contributed by atoms with Gasteiger partial charge in [-0.2, -0.15) is 11.8 Å². The lowest BCUT2D eigenvalue weighted by Crippen LogP contribution is -1.88. The van der Waals surface area contributed by atoms with E-state index in [0.29, 0.717) is 0 Å². The fraction of sp³-hybridized carbons (Fsp3) is 0.296. The van der Waals surface area contributed by atoms with Crippen molar-refractivity contribution in [2.45, 2.75) is 39.5 Å². The van der Waals surface area contributed by atoms with Crippen molar-refractivity contribution in [2.24, 2.45) is 0 Å². The van der Waals surface area contributed by atoms with Crippen molar-refractivity contribution in [3.8, 4) is 0 Å². The van der Waals surface area contributed by atoms with E-state index in [0.717, 1.165) is 5.56 Å². The van der Waals surface area contributed by atoms with Gasteiger partial charge in [-0.25, -0.2) is 0 Å². The third kappa shape index (κ3) is 24.1. The molecule has 0 aliphatic heterocycles. The molecular weight excluding hydrogens is 404 g/mol. The Hall–Kier alpha value is -1.97. The minimum Gasteiger partial charge on any atom is -0.295 e. The number of Topliss-reactive ketones (excluding diaryl/α,β-unsaturated/α-hetero) is 1. The lowest BCUT2D eigenvalue weighted by atomic mass is 10.2. The van der Waals surface area contributed by atoms with Gasteiger partial charge in [0.1, 0.15) is 0 Å². The number of ketones is 1. The van der Waals surface area contributed by atoms with Gasteiger partial charge in [-0.3, -0.25) is 4.79 Å². The van der Waals surface area contributed by atoms with Gasteiger partial charge < -0.3 is 0 Å².